The average Bonchev–Trinajstić information content (AvgIpc) is 2.30. The van der Waals surface area contributed by atoms with E-state index in [1.165, 1.54) is 0 Å². The van der Waals surface area contributed by atoms with Crippen molar-refractivity contribution in [1.82, 2.24) is 0 Å². The van der Waals surface area contributed by atoms with Gasteiger partial charge in [-0.25, -0.2) is 0 Å². The van der Waals surface area contributed by atoms with E-state index in [-0.39, 0.29) is 0 Å². The molecule has 0 unspecified atom stereocenters. The van der Waals surface area contributed by atoms with E-state index in [1.54, 1.807) is 12.1 Å². The van der Waals surface area contributed by atoms with Crippen molar-refractivity contribution < 1.29 is 9.53 Å². The highest BCUT2D eigenvalue weighted by atomic mass is 16.5. The largest absolute Gasteiger partial charge is 0.399 e. The SMILES string of the molecule is Nc1ccc(C=O)c(N2CCOCC2)c1. The number of benzene rings is 1. The van der Waals surface area contributed by atoms with Gasteiger partial charge in [-0.2, -0.15) is 0 Å². The molecule has 0 aliphatic carbocycles. The number of morpholine rings is 1. The minimum absolute atomic E-state index is 0.682. The Balaban J connectivity index is 2.31. The van der Waals surface area contributed by atoms with Gasteiger partial charge in [-0.15, -0.1) is 0 Å². The molecule has 0 bridgehead atoms. The fourth-order valence-corrected chi connectivity index (χ4v) is 1.74. The zero-order chi connectivity index (χ0) is 10.7. The van der Waals surface area contributed by atoms with Gasteiger partial charge in [-0.05, 0) is 18.2 Å². The first-order chi connectivity index (χ1) is 7.31. The second-order valence-corrected chi connectivity index (χ2v) is 3.54. The van der Waals surface area contributed by atoms with E-state index in [4.69, 9.17) is 10.5 Å². The summed E-state index contributed by atoms with van der Waals surface area (Å²) < 4.78 is 5.26. The third-order valence-corrected chi connectivity index (χ3v) is 2.53. The number of carbonyl (C=O) groups excluding carboxylic acids is 1. The molecule has 0 amide bonds. The second-order valence-electron chi connectivity index (χ2n) is 3.54. The van der Waals surface area contributed by atoms with Crippen LogP contribution in [0, 0.1) is 0 Å². The molecule has 4 heteroatoms. The van der Waals surface area contributed by atoms with Crippen LogP contribution in [-0.4, -0.2) is 32.6 Å². The monoisotopic (exact) mass is 206 g/mol. The number of nitrogens with two attached hydrogens (primary N) is 1. The first-order valence-electron chi connectivity index (χ1n) is 4.98. The highest BCUT2D eigenvalue weighted by molar-refractivity contribution is 5.86. The highest BCUT2D eigenvalue weighted by Gasteiger charge is 2.14. The minimum atomic E-state index is 0.682. The summed E-state index contributed by atoms with van der Waals surface area (Å²) in [5.41, 5.74) is 7.99. The molecule has 0 aromatic heterocycles. The van der Waals surface area contributed by atoms with Crippen LogP contribution in [0.15, 0.2) is 18.2 Å². The Labute approximate surface area is 88.6 Å². The fourth-order valence-electron chi connectivity index (χ4n) is 1.74. The number of carbonyl (C=O) groups is 1. The molecule has 0 spiro atoms. The summed E-state index contributed by atoms with van der Waals surface area (Å²) in [6.07, 6.45) is 0.865. The molecule has 4 nitrogen and oxygen atoms in total. The summed E-state index contributed by atoms with van der Waals surface area (Å²) in [6.45, 7) is 3.02. The molecule has 1 aliphatic rings. The summed E-state index contributed by atoms with van der Waals surface area (Å²) >= 11 is 0. The Morgan fingerprint density at radius 1 is 1.33 bits per heavy atom. The number of nitrogens with zero attached hydrogens (tertiary/aromatic N) is 1. The second kappa shape index (κ2) is 4.31. The molecule has 1 aromatic carbocycles. The van der Waals surface area contributed by atoms with Gasteiger partial charge in [-0.3, -0.25) is 4.79 Å². The molecule has 1 saturated heterocycles. The van der Waals surface area contributed by atoms with E-state index in [9.17, 15) is 4.79 Å². The molecule has 1 aromatic rings. The van der Waals surface area contributed by atoms with Crippen LogP contribution >= 0.6 is 0 Å². The third-order valence-electron chi connectivity index (χ3n) is 2.53. The number of rotatable bonds is 2. The molecule has 0 atom stereocenters. The number of aldehydes is 1. The number of hydrogen-bond acceptors (Lipinski definition) is 4. The standard InChI is InChI=1S/C11H14N2O2/c12-10-2-1-9(8-14)11(7-10)13-3-5-15-6-4-13/h1-2,7-8H,3-6,12H2. The topological polar surface area (TPSA) is 55.6 Å². The lowest BCUT2D eigenvalue weighted by Gasteiger charge is -2.29. The summed E-state index contributed by atoms with van der Waals surface area (Å²) in [5, 5.41) is 0. The van der Waals surface area contributed by atoms with Crippen molar-refractivity contribution in [2.24, 2.45) is 0 Å². The van der Waals surface area contributed by atoms with E-state index < -0.39 is 0 Å². The summed E-state index contributed by atoms with van der Waals surface area (Å²) in [5.74, 6) is 0. The van der Waals surface area contributed by atoms with Crippen molar-refractivity contribution in [3.05, 3.63) is 23.8 Å². The van der Waals surface area contributed by atoms with Crippen molar-refractivity contribution in [1.29, 1.82) is 0 Å². The molecule has 1 fully saturated rings. The van der Waals surface area contributed by atoms with E-state index >= 15 is 0 Å². The van der Waals surface area contributed by atoms with Gasteiger partial charge in [0.05, 0.1) is 13.2 Å². The Hall–Kier alpha value is -1.55. The zero-order valence-electron chi connectivity index (χ0n) is 8.48. The number of hydrogen-bond donors (Lipinski definition) is 1. The molecule has 15 heavy (non-hydrogen) atoms. The highest BCUT2D eigenvalue weighted by Crippen LogP contribution is 2.23. The van der Waals surface area contributed by atoms with Crippen LogP contribution in [0.2, 0.25) is 0 Å². The van der Waals surface area contributed by atoms with Crippen molar-refractivity contribution in [2.45, 2.75) is 0 Å². The molecule has 2 N–H and O–H groups in total. The van der Waals surface area contributed by atoms with Crippen molar-refractivity contribution in [3.63, 3.8) is 0 Å². The maximum Gasteiger partial charge on any atom is 0.152 e. The molecule has 0 saturated carbocycles. The summed E-state index contributed by atoms with van der Waals surface area (Å²) in [4.78, 5) is 13.0. The van der Waals surface area contributed by atoms with Crippen LogP contribution in [0.1, 0.15) is 10.4 Å². The molecule has 2 rings (SSSR count). The normalized spacial score (nSPS) is 16.4. The van der Waals surface area contributed by atoms with Crippen molar-refractivity contribution in [3.8, 4) is 0 Å². The van der Waals surface area contributed by atoms with Crippen LogP contribution in [0.5, 0.6) is 0 Å². The number of ether oxygens (including phenoxy) is 1. The van der Waals surface area contributed by atoms with Crippen LogP contribution in [0.4, 0.5) is 11.4 Å². The van der Waals surface area contributed by atoms with Crippen LogP contribution in [0.25, 0.3) is 0 Å². The molecular weight excluding hydrogens is 192 g/mol. The van der Waals surface area contributed by atoms with Crippen LogP contribution in [0.3, 0.4) is 0 Å². The molecule has 80 valence electrons. The van der Waals surface area contributed by atoms with Crippen molar-refractivity contribution >= 4 is 17.7 Å². The van der Waals surface area contributed by atoms with Crippen molar-refractivity contribution in [2.75, 3.05) is 36.9 Å². The smallest absolute Gasteiger partial charge is 0.152 e. The molecule has 1 heterocycles. The average molecular weight is 206 g/mol. The van der Waals surface area contributed by atoms with Gasteiger partial charge < -0.3 is 15.4 Å². The van der Waals surface area contributed by atoms with Gasteiger partial charge in [0.1, 0.15) is 0 Å². The zero-order valence-corrected chi connectivity index (χ0v) is 8.48. The van der Waals surface area contributed by atoms with Gasteiger partial charge in [0.15, 0.2) is 6.29 Å². The Kier molecular flexibility index (Phi) is 2.87. The predicted octanol–water partition coefficient (Wildman–Crippen LogP) is 0.918. The van der Waals surface area contributed by atoms with E-state index in [0.29, 0.717) is 24.5 Å². The molecule has 0 radical (unpaired) electrons. The predicted molar refractivity (Wildman–Crippen MR) is 59.3 cm³/mol. The van der Waals surface area contributed by atoms with Crippen LogP contribution < -0.4 is 10.6 Å². The third kappa shape index (κ3) is 2.10. The van der Waals surface area contributed by atoms with Crippen LogP contribution in [-0.2, 0) is 4.74 Å². The van der Waals surface area contributed by atoms with E-state index in [1.807, 2.05) is 6.07 Å². The fraction of sp³-hybridized carbons (Fsp3) is 0.364. The molecule has 1 aliphatic heterocycles. The lowest BCUT2D eigenvalue weighted by molar-refractivity contribution is 0.111. The Morgan fingerprint density at radius 2 is 2.07 bits per heavy atom. The lowest BCUT2D eigenvalue weighted by Crippen LogP contribution is -2.36. The first kappa shape index (κ1) is 9.98. The minimum Gasteiger partial charge on any atom is -0.399 e. The first-order valence-corrected chi connectivity index (χ1v) is 4.98. The van der Waals surface area contributed by atoms with Gasteiger partial charge in [0.25, 0.3) is 0 Å². The summed E-state index contributed by atoms with van der Waals surface area (Å²) in [7, 11) is 0. The van der Waals surface area contributed by atoms with Gasteiger partial charge in [0.2, 0.25) is 0 Å². The van der Waals surface area contributed by atoms with E-state index in [0.717, 1.165) is 25.1 Å². The Morgan fingerprint density at radius 3 is 2.73 bits per heavy atom. The number of nitrogen functional groups attached to an aromatic ring is 1. The quantitative estimate of drug-likeness (QED) is 0.577. The van der Waals surface area contributed by atoms with E-state index in [2.05, 4.69) is 4.90 Å². The van der Waals surface area contributed by atoms with Gasteiger partial charge in [0, 0.05) is 30.0 Å². The Bertz CT molecular complexity index is 360. The summed E-state index contributed by atoms with van der Waals surface area (Å²) in [6, 6.07) is 5.34. The lowest BCUT2D eigenvalue weighted by atomic mass is 10.1. The molecular formula is C11H14N2O2. The van der Waals surface area contributed by atoms with Gasteiger partial charge >= 0.3 is 0 Å². The maximum atomic E-state index is 10.9. The van der Waals surface area contributed by atoms with Gasteiger partial charge in [-0.1, -0.05) is 0 Å². The maximum absolute atomic E-state index is 10.9. The number of anilines is 2.